The second kappa shape index (κ2) is 6.86. The first-order chi connectivity index (χ1) is 9.19. The Kier molecular flexibility index (Phi) is 5.15. The summed E-state index contributed by atoms with van der Waals surface area (Å²) in [4.78, 5) is 13.4. The molecule has 0 spiro atoms. The molecular formula is C13H20BrN5. The van der Waals surface area contributed by atoms with Crippen molar-refractivity contribution in [2.75, 3.05) is 49.5 Å². The second-order valence-electron chi connectivity index (χ2n) is 4.55. The van der Waals surface area contributed by atoms with Gasteiger partial charge in [0.25, 0.3) is 0 Å². The molecule has 1 fully saturated rings. The van der Waals surface area contributed by atoms with Gasteiger partial charge in [-0.1, -0.05) is 22.5 Å². The molecule has 1 saturated heterocycles. The van der Waals surface area contributed by atoms with Gasteiger partial charge < -0.3 is 10.2 Å². The molecule has 6 heteroatoms. The summed E-state index contributed by atoms with van der Waals surface area (Å²) in [7, 11) is 0. The number of aromatic nitrogens is 2. The molecule has 0 aromatic carbocycles. The van der Waals surface area contributed by atoms with Gasteiger partial charge in [-0.25, -0.2) is 4.98 Å². The lowest BCUT2D eigenvalue weighted by Crippen LogP contribution is -2.47. The molecule has 104 valence electrons. The molecule has 1 aromatic rings. The van der Waals surface area contributed by atoms with Gasteiger partial charge in [0.1, 0.15) is 5.82 Å². The topological polar surface area (TPSA) is 44.3 Å². The van der Waals surface area contributed by atoms with Crippen LogP contribution in [-0.4, -0.2) is 54.1 Å². The van der Waals surface area contributed by atoms with Crippen LogP contribution in [0.3, 0.4) is 0 Å². The molecule has 0 saturated carbocycles. The minimum atomic E-state index is 0.705. The first-order valence-corrected chi connectivity index (χ1v) is 7.36. The molecule has 0 aliphatic carbocycles. The lowest BCUT2D eigenvalue weighted by Gasteiger charge is -2.35. The summed E-state index contributed by atoms with van der Waals surface area (Å²) in [5.74, 6) is 1.71. The van der Waals surface area contributed by atoms with Crippen LogP contribution in [-0.2, 0) is 0 Å². The van der Waals surface area contributed by atoms with Crippen LogP contribution in [0.4, 0.5) is 11.8 Å². The molecule has 2 rings (SSSR count). The fourth-order valence-electron chi connectivity index (χ4n) is 2.15. The molecular weight excluding hydrogens is 306 g/mol. The highest BCUT2D eigenvalue weighted by Gasteiger charge is 2.18. The number of nitrogens with one attached hydrogen (secondary N) is 1. The van der Waals surface area contributed by atoms with Crippen LogP contribution in [0.15, 0.2) is 23.3 Å². The van der Waals surface area contributed by atoms with E-state index in [-0.39, 0.29) is 0 Å². The number of hydrogen-bond acceptors (Lipinski definition) is 5. The smallest absolute Gasteiger partial charge is 0.224 e. The highest BCUT2D eigenvalue weighted by atomic mass is 79.9. The molecule has 0 radical (unpaired) electrons. The highest BCUT2D eigenvalue weighted by Crippen LogP contribution is 2.15. The fraction of sp³-hybridized carbons (Fsp3) is 0.538. The van der Waals surface area contributed by atoms with E-state index in [1.807, 2.05) is 19.2 Å². The Morgan fingerprint density at radius 3 is 2.79 bits per heavy atom. The standard InChI is InChI=1S/C13H20BrN5/c1-3-15-13-16-5-4-12(17-13)19-8-6-18(7-9-19)10-11(2)14/h4-5H,2-3,6-10H2,1H3,(H,15,16,17). The average molecular weight is 326 g/mol. The van der Waals surface area contributed by atoms with E-state index in [1.165, 1.54) is 0 Å². The first-order valence-electron chi connectivity index (χ1n) is 6.56. The van der Waals surface area contributed by atoms with Gasteiger partial charge in [-0.3, -0.25) is 4.90 Å². The molecule has 0 amide bonds. The molecule has 1 aromatic heterocycles. The Balaban J connectivity index is 1.93. The van der Waals surface area contributed by atoms with Gasteiger partial charge in [-0.2, -0.15) is 4.98 Å². The van der Waals surface area contributed by atoms with E-state index in [0.717, 1.165) is 49.6 Å². The number of nitrogens with zero attached hydrogens (tertiary/aromatic N) is 4. The van der Waals surface area contributed by atoms with Crippen molar-refractivity contribution in [3.05, 3.63) is 23.3 Å². The predicted octanol–water partition coefficient (Wildman–Crippen LogP) is 1.94. The third kappa shape index (κ3) is 4.18. The number of rotatable bonds is 5. The number of hydrogen-bond donors (Lipinski definition) is 1. The van der Waals surface area contributed by atoms with Gasteiger partial charge in [0, 0.05) is 49.9 Å². The molecule has 0 unspecified atom stereocenters. The van der Waals surface area contributed by atoms with Crippen LogP contribution in [0.25, 0.3) is 0 Å². The van der Waals surface area contributed by atoms with E-state index in [4.69, 9.17) is 0 Å². The predicted molar refractivity (Wildman–Crippen MR) is 82.9 cm³/mol. The fourth-order valence-corrected chi connectivity index (χ4v) is 2.50. The summed E-state index contributed by atoms with van der Waals surface area (Å²) >= 11 is 3.42. The monoisotopic (exact) mass is 325 g/mol. The number of anilines is 2. The summed E-state index contributed by atoms with van der Waals surface area (Å²) in [6.45, 7) is 11.7. The summed E-state index contributed by atoms with van der Waals surface area (Å²) in [6.07, 6.45) is 1.81. The van der Waals surface area contributed by atoms with Crippen molar-refractivity contribution in [2.24, 2.45) is 0 Å². The Labute approximate surface area is 122 Å². The summed E-state index contributed by atoms with van der Waals surface area (Å²) < 4.78 is 1.04. The number of piperazine rings is 1. The molecule has 0 atom stereocenters. The van der Waals surface area contributed by atoms with E-state index in [1.54, 1.807) is 0 Å². The molecule has 5 nitrogen and oxygen atoms in total. The van der Waals surface area contributed by atoms with Gasteiger partial charge in [-0.05, 0) is 13.0 Å². The number of halogens is 1. The molecule has 19 heavy (non-hydrogen) atoms. The van der Waals surface area contributed by atoms with E-state index in [0.29, 0.717) is 5.95 Å². The van der Waals surface area contributed by atoms with Crippen molar-refractivity contribution in [2.45, 2.75) is 6.92 Å². The molecule has 1 aliphatic rings. The maximum Gasteiger partial charge on any atom is 0.224 e. The van der Waals surface area contributed by atoms with E-state index in [2.05, 4.69) is 47.6 Å². The lowest BCUT2D eigenvalue weighted by atomic mass is 10.3. The van der Waals surface area contributed by atoms with Gasteiger partial charge in [0.15, 0.2) is 0 Å². The van der Waals surface area contributed by atoms with Gasteiger partial charge in [0.05, 0.1) is 0 Å². The maximum atomic E-state index is 4.53. The molecule has 2 heterocycles. The zero-order valence-electron chi connectivity index (χ0n) is 11.3. The van der Waals surface area contributed by atoms with Crippen LogP contribution in [0.5, 0.6) is 0 Å². The van der Waals surface area contributed by atoms with Crippen molar-refractivity contribution in [1.29, 1.82) is 0 Å². The molecule has 0 bridgehead atoms. The zero-order valence-corrected chi connectivity index (χ0v) is 12.9. The third-order valence-corrected chi connectivity index (χ3v) is 3.32. The van der Waals surface area contributed by atoms with Crippen molar-refractivity contribution in [1.82, 2.24) is 14.9 Å². The van der Waals surface area contributed by atoms with Gasteiger partial charge in [0.2, 0.25) is 5.95 Å². The molecule has 1 N–H and O–H groups in total. The van der Waals surface area contributed by atoms with Gasteiger partial charge in [-0.15, -0.1) is 0 Å². The minimum absolute atomic E-state index is 0.705. The normalized spacial score (nSPS) is 16.4. The Bertz CT molecular complexity index is 429. The summed E-state index contributed by atoms with van der Waals surface area (Å²) in [5.41, 5.74) is 0. The van der Waals surface area contributed by atoms with Crippen LogP contribution >= 0.6 is 15.9 Å². The Morgan fingerprint density at radius 2 is 2.16 bits per heavy atom. The van der Waals surface area contributed by atoms with Crippen LogP contribution in [0.1, 0.15) is 6.92 Å². The summed E-state index contributed by atoms with van der Waals surface area (Å²) in [5, 5.41) is 3.14. The van der Waals surface area contributed by atoms with Crippen molar-refractivity contribution in [3.63, 3.8) is 0 Å². The van der Waals surface area contributed by atoms with Gasteiger partial charge >= 0.3 is 0 Å². The third-order valence-electron chi connectivity index (χ3n) is 3.07. The minimum Gasteiger partial charge on any atom is -0.354 e. The van der Waals surface area contributed by atoms with Crippen molar-refractivity contribution >= 4 is 27.7 Å². The zero-order chi connectivity index (χ0) is 13.7. The van der Waals surface area contributed by atoms with Crippen LogP contribution in [0.2, 0.25) is 0 Å². The Hall–Kier alpha value is -1.14. The highest BCUT2D eigenvalue weighted by molar-refractivity contribution is 9.11. The largest absolute Gasteiger partial charge is 0.354 e. The first kappa shape index (κ1) is 14.3. The van der Waals surface area contributed by atoms with Crippen molar-refractivity contribution < 1.29 is 0 Å². The SMILES string of the molecule is C=C(Br)CN1CCN(c2ccnc(NCC)n2)CC1. The van der Waals surface area contributed by atoms with E-state index >= 15 is 0 Å². The maximum absolute atomic E-state index is 4.53. The lowest BCUT2D eigenvalue weighted by molar-refractivity contribution is 0.282. The van der Waals surface area contributed by atoms with Crippen LogP contribution in [0, 0.1) is 0 Å². The average Bonchev–Trinajstić information content (AvgIpc) is 2.40. The second-order valence-corrected chi connectivity index (χ2v) is 5.67. The van der Waals surface area contributed by atoms with E-state index < -0.39 is 0 Å². The van der Waals surface area contributed by atoms with Crippen LogP contribution < -0.4 is 10.2 Å². The van der Waals surface area contributed by atoms with E-state index in [9.17, 15) is 0 Å². The Morgan fingerprint density at radius 1 is 1.42 bits per heavy atom. The molecule has 1 aliphatic heterocycles. The van der Waals surface area contributed by atoms with Crippen molar-refractivity contribution in [3.8, 4) is 0 Å². The quantitative estimate of drug-likeness (QED) is 0.896. The summed E-state index contributed by atoms with van der Waals surface area (Å²) in [6, 6.07) is 1.97.